The van der Waals surface area contributed by atoms with Crippen LogP contribution in [-0.2, 0) is 9.53 Å². The van der Waals surface area contributed by atoms with Crippen LogP contribution in [0.15, 0.2) is 42.5 Å². The highest BCUT2D eigenvalue weighted by Gasteiger charge is 2.20. The van der Waals surface area contributed by atoms with E-state index in [0.29, 0.717) is 6.54 Å². The van der Waals surface area contributed by atoms with E-state index >= 15 is 0 Å². The Bertz CT molecular complexity index is 971. The predicted molar refractivity (Wildman–Crippen MR) is 110 cm³/mol. The molecule has 2 aromatic rings. The highest BCUT2D eigenvalue weighted by Crippen LogP contribution is 2.21. The Labute approximate surface area is 173 Å². The molecule has 0 spiro atoms. The lowest BCUT2D eigenvalue weighted by Crippen LogP contribution is -2.29. The highest BCUT2D eigenvalue weighted by molar-refractivity contribution is 6.04. The molecule has 0 atom stereocenters. The summed E-state index contributed by atoms with van der Waals surface area (Å²) in [5.74, 6) is -1.55. The molecule has 0 unspecified atom stereocenters. The van der Waals surface area contributed by atoms with Crippen LogP contribution in [-0.4, -0.2) is 35.9 Å². The van der Waals surface area contributed by atoms with Crippen LogP contribution in [0.5, 0.6) is 0 Å². The molecular formula is C21H23N3O6. The van der Waals surface area contributed by atoms with E-state index in [1.54, 1.807) is 24.3 Å². The third-order valence-corrected chi connectivity index (χ3v) is 4.17. The van der Waals surface area contributed by atoms with E-state index in [2.05, 4.69) is 10.6 Å². The number of amides is 2. The number of benzene rings is 2. The topological polar surface area (TPSA) is 128 Å². The van der Waals surface area contributed by atoms with E-state index in [-0.39, 0.29) is 39.9 Å². The SMILES string of the molecule is Cc1c(C(=O)OCC(=O)Nc2ccccc2C(=O)NCC(C)C)cccc1[N+](=O)[O-]. The van der Waals surface area contributed by atoms with E-state index in [9.17, 15) is 24.5 Å². The number of nitro groups is 1. The number of carbonyl (C=O) groups excluding carboxylic acids is 3. The maximum atomic E-state index is 12.3. The van der Waals surface area contributed by atoms with Gasteiger partial charge >= 0.3 is 5.97 Å². The lowest BCUT2D eigenvalue weighted by molar-refractivity contribution is -0.385. The highest BCUT2D eigenvalue weighted by atomic mass is 16.6. The van der Waals surface area contributed by atoms with Gasteiger partial charge in [-0.15, -0.1) is 0 Å². The number of hydrogen-bond donors (Lipinski definition) is 2. The number of ether oxygens (including phenoxy) is 1. The largest absolute Gasteiger partial charge is 0.452 e. The summed E-state index contributed by atoms with van der Waals surface area (Å²) in [6.45, 7) is 5.24. The van der Waals surface area contributed by atoms with Gasteiger partial charge in [0.2, 0.25) is 0 Å². The molecule has 30 heavy (non-hydrogen) atoms. The molecule has 9 nitrogen and oxygen atoms in total. The van der Waals surface area contributed by atoms with Crippen LogP contribution in [0.1, 0.15) is 40.1 Å². The van der Waals surface area contributed by atoms with Gasteiger partial charge < -0.3 is 15.4 Å². The van der Waals surface area contributed by atoms with Gasteiger partial charge in [0.1, 0.15) is 0 Å². The van der Waals surface area contributed by atoms with Crippen molar-refractivity contribution in [1.29, 1.82) is 0 Å². The van der Waals surface area contributed by atoms with Crippen LogP contribution >= 0.6 is 0 Å². The van der Waals surface area contributed by atoms with Crippen LogP contribution in [0.3, 0.4) is 0 Å². The lowest BCUT2D eigenvalue weighted by Gasteiger charge is -2.13. The van der Waals surface area contributed by atoms with Crippen molar-refractivity contribution in [3.05, 3.63) is 69.3 Å². The van der Waals surface area contributed by atoms with E-state index < -0.39 is 23.4 Å². The molecule has 0 saturated carbocycles. The quantitative estimate of drug-likeness (QED) is 0.389. The third-order valence-electron chi connectivity index (χ3n) is 4.17. The summed E-state index contributed by atoms with van der Waals surface area (Å²) in [4.78, 5) is 47.2. The number of hydrogen-bond acceptors (Lipinski definition) is 6. The number of esters is 1. The Hall–Kier alpha value is -3.75. The maximum Gasteiger partial charge on any atom is 0.339 e. The second-order valence-electron chi connectivity index (χ2n) is 6.98. The van der Waals surface area contributed by atoms with Gasteiger partial charge in [-0.2, -0.15) is 0 Å². The van der Waals surface area contributed by atoms with Crippen LogP contribution in [0, 0.1) is 23.0 Å². The molecule has 0 fully saturated rings. The first kappa shape index (κ1) is 22.5. The van der Waals surface area contributed by atoms with Gasteiger partial charge in [-0.3, -0.25) is 19.7 Å². The van der Waals surface area contributed by atoms with Crippen molar-refractivity contribution in [2.75, 3.05) is 18.5 Å². The molecule has 0 bridgehead atoms. The first-order valence-electron chi connectivity index (χ1n) is 9.29. The first-order chi connectivity index (χ1) is 14.2. The van der Waals surface area contributed by atoms with E-state index in [1.165, 1.54) is 25.1 Å². The van der Waals surface area contributed by atoms with E-state index in [1.807, 2.05) is 13.8 Å². The number of nitrogens with zero attached hydrogens (tertiary/aromatic N) is 1. The summed E-state index contributed by atoms with van der Waals surface area (Å²) in [6.07, 6.45) is 0. The van der Waals surface area contributed by atoms with Crippen molar-refractivity contribution in [1.82, 2.24) is 5.32 Å². The smallest absolute Gasteiger partial charge is 0.339 e. The Morgan fingerprint density at radius 2 is 1.73 bits per heavy atom. The second-order valence-corrected chi connectivity index (χ2v) is 6.98. The van der Waals surface area contributed by atoms with E-state index in [0.717, 1.165) is 0 Å². The summed E-state index contributed by atoms with van der Waals surface area (Å²) in [5.41, 5.74) is 0.513. The number of rotatable bonds is 8. The molecule has 0 saturated heterocycles. The Balaban J connectivity index is 2.02. The molecule has 2 amide bonds. The first-order valence-corrected chi connectivity index (χ1v) is 9.29. The van der Waals surface area contributed by atoms with Crippen LogP contribution in [0.25, 0.3) is 0 Å². The molecule has 0 aliphatic carbocycles. The molecule has 0 aromatic heterocycles. The van der Waals surface area contributed by atoms with Gasteiger partial charge in [0.15, 0.2) is 6.61 Å². The number of para-hydroxylation sites is 1. The molecule has 0 aliphatic heterocycles. The molecule has 2 rings (SSSR count). The minimum atomic E-state index is -0.852. The fraction of sp³-hybridized carbons (Fsp3) is 0.286. The molecule has 2 aromatic carbocycles. The Morgan fingerprint density at radius 1 is 1.07 bits per heavy atom. The summed E-state index contributed by atoms with van der Waals surface area (Å²) < 4.78 is 4.98. The summed E-state index contributed by atoms with van der Waals surface area (Å²) in [5, 5.41) is 16.3. The second kappa shape index (κ2) is 10.1. The van der Waals surface area contributed by atoms with Crippen LogP contribution < -0.4 is 10.6 Å². The average Bonchev–Trinajstić information content (AvgIpc) is 2.70. The van der Waals surface area contributed by atoms with Crippen molar-refractivity contribution < 1.29 is 24.0 Å². The molecular weight excluding hydrogens is 390 g/mol. The molecule has 0 radical (unpaired) electrons. The maximum absolute atomic E-state index is 12.3. The monoisotopic (exact) mass is 413 g/mol. The van der Waals surface area contributed by atoms with Gasteiger partial charge in [-0.05, 0) is 31.0 Å². The average molecular weight is 413 g/mol. The number of anilines is 1. The van der Waals surface area contributed by atoms with E-state index in [4.69, 9.17) is 4.74 Å². The van der Waals surface area contributed by atoms with Gasteiger partial charge in [-0.1, -0.05) is 32.0 Å². The van der Waals surface area contributed by atoms with Gasteiger partial charge in [0.25, 0.3) is 17.5 Å². The zero-order valence-corrected chi connectivity index (χ0v) is 16.9. The lowest BCUT2D eigenvalue weighted by atomic mass is 10.1. The normalized spacial score (nSPS) is 10.4. The van der Waals surface area contributed by atoms with Gasteiger partial charge in [0, 0.05) is 18.2 Å². The third kappa shape index (κ3) is 5.87. The zero-order valence-electron chi connectivity index (χ0n) is 16.9. The van der Waals surface area contributed by atoms with Gasteiger partial charge in [-0.25, -0.2) is 4.79 Å². The fourth-order valence-electron chi connectivity index (χ4n) is 2.62. The zero-order chi connectivity index (χ0) is 22.3. The summed E-state index contributed by atoms with van der Waals surface area (Å²) in [6, 6.07) is 10.5. The standard InChI is InChI=1S/C21H23N3O6/c1-13(2)11-22-20(26)16-7-4-5-9-17(16)23-19(25)12-30-21(27)15-8-6-10-18(14(15)3)24(28)29/h4-10,13H,11-12H2,1-3H3,(H,22,26)(H,23,25). The molecule has 158 valence electrons. The van der Waals surface area contributed by atoms with Crippen molar-refractivity contribution in [2.45, 2.75) is 20.8 Å². The minimum Gasteiger partial charge on any atom is -0.452 e. The molecule has 2 N–H and O–H groups in total. The minimum absolute atomic E-state index is 0.00506. The molecule has 0 aliphatic rings. The number of nitrogens with one attached hydrogen (secondary N) is 2. The molecule has 9 heteroatoms. The van der Waals surface area contributed by atoms with Crippen molar-refractivity contribution in [3.8, 4) is 0 Å². The van der Waals surface area contributed by atoms with Crippen molar-refractivity contribution in [3.63, 3.8) is 0 Å². The predicted octanol–water partition coefficient (Wildman–Crippen LogP) is 3.08. The number of carbonyl (C=O) groups is 3. The van der Waals surface area contributed by atoms with Crippen LogP contribution in [0.4, 0.5) is 11.4 Å². The van der Waals surface area contributed by atoms with Gasteiger partial charge in [0.05, 0.1) is 21.7 Å². The molecule has 0 heterocycles. The summed E-state index contributed by atoms with van der Waals surface area (Å²) in [7, 11) is 0. The van der Waals surface area contributed by atoms with Crippen LogP contribution in [0.2, 0.25) is 0 Å². The summed E-state index contributed by atoms with van der Waals surface area (Å²) >= 11 is 0. The van der Waals surface area contributed by atoms with Crippen molar-refractivity contribution in [2.24, 2.45) is 5.92 Å². The number of nitro benzene ring substituents is 1. The van der Waals surface area contributed by atoms with Crippen molar-refractivity contribution >= 4 is 29.2 Å². The Morgan fingerprint density at radius 3 is 2.40 bits per heavy atom. The Kier molecular flexibility index (Phi) is 7.62. The fourth-order valence-corrected chi connectivity index (χ4v) is 2.62.